The van der Waals surface area contributed by atoms with Crippen molar-refractivity contribution in [3.63, 3.8) is 0 Å². The van der Waals surface area contributed by atoms with Crippen molar-refractivity contribution in [1.82, 2.24) is 0 Å². The fraction of sp³-hybridized carbons (Fsp3) is 0.909. The van der Waals surface area contributed by atoms with E-state index in [0.717, 1.165) is 12.3 Å². The van der Waals surface area contributed by atoms with Crippen molar-refractivity contribution in [2.24, 2.45) is 17.1 Å². The van der Waals surface area contributed by atoms with Crippen molar-refractivity contribution in [1.29, 1.82) is 0 Å². The van der Waals surface area contributed by atoms with Crippen molar-refractivity contribution >= 4 is 5.97 Å². The molecule has 2 saturated carbocycles. The zero-order valence-corrected chi connectivity index (χ0v) is 8.79. The van der Waals surface area contributed by atoms with Gasteiger partial charge in [0.25, 0.3) is 0 Å². The molecule has 0 aromatic heterocycles. The monoisotopic (exact) mass is 197 g/mol. The van der Waals surface area contributed by atoms with Crippen molar-refractivity contribution in [2.45, 2.75) is 44.6 Å². The molecule has 2 aliphatic rings. The Balaban J connectivity index is 1.93. The van der Waals surface area contributed by atoms with E-state index in [-0.39, 0.29) is 5.97 Å². The molecule has 14 heavy (non-hydrogen) atoms. The second-order valence-electron chi connectivity index (χ2n) is 4.98. The SMILES string of the molecule is COC(=O)C(N)CC12CCC(CC1)C2. The molecule has 0 spiro atoms. The number of fused-ring (bicyclic) bond motifs is 2. The van der Waals surface area contributed by atoms with Gasteiger partial charge in [-0.2, -0.15) is 0 Å². The highest BCUT2D eigenvalue weighted by Crippen LogP contribution is 2.56. The van der Waals surface area contributed by atoms with Crippen molar-refractivity contribution in [2.75, 3.05) is 7.11 Å². The fourth-order valence-electron chi connectivity index (χ4n) is 3.30. The summed E-state index contributed by atoms with van der Waals surface area (Å²) in [6.07, 6.45) is 7.33. The van der Waals surface area contributed by atoms with E-state index in [1.165, 1.54) is 39.2 Å². The van der Waals surface area contributed by atoms with Crippen LogP contribution in [-0.4, -0.2) is 19.1 Å². The van der Waals surface area contributed by atoms with E-state index in [1.807, 2.05) is 0 Å². The van der Waals surface area contributed by atoms with Gasteiger partial charge in [0.1, 0.15) is 6.04 Å². The van der Waals surface area contributed by atoms with Gasteiger partial charge < -0.3 is 10.5 Å². The van der Waals surface area contributed by atoms with E-state index in [4.69, 9.17) is 5.73 Å². The highest BCUT2D eigenvalue weighted by molar-refractivity contribution is 5.75. The van der Waals surface area contributed by atoms with Crippen LogP contribution < -0.4 is 5.73 Å². The molecule has 80 valence electrons. The Bertz CT molecular complexity index is 231. The minimum Gasteiger partial charge on any atom is -0.468 e. The number of rotatable bonds is 3. The Morgan fingerprint density at radius 3 is 2.64 bits per heavy atom. The van der Waals surface area contributed by atoms with Crippen LogP contribution in [0.1, 0.15) is 38.5 Å². The van der Waals surface area contributed by atoms with Crippen molar-refractivity contribution < 1.29 is 9.53 Å². The molecule has 0 amide bonds. The number of carbonyl (C=O) groups is 1. The van der Waals surface area contributed by atoms with Gasteiger partial charge in [-0.05, 0) is 49.9 Å². The van der Waals surface area contributed by atoms with Gasteiger partial charge in [-0.3, -0.25) is 4.79 Å². The Morgan fingerprint density at radius 1 is 1.57 bits per heavy atom. The summed E-state index contributed by atoms with van der Waals surface area (Å²) >= 11 is 0. The average molecular weight is 197 g/mol. The fourth-order valence-corrected chi connectivity index (χ4v) is 3.30. The topological polar surface area (TPSA) is 52.3 Å². The lowest BCUT2D eigenvalue weighted by Gasteiger charge is -2.28. The first-order valence-electron chi connectivity index (χ1n) is 5.49. The molecule has 2 aliphatic carbocycles. The van der Waals surface area contributed by atoms with E-state index in [9.17, 15) is 4.79 Å². The molecule has 2 fully saturated rings. The number of ether oxygens (including phenoxy) is 1. The molecule has 0 heterocycles. The molecular weight excluding hydrogens is 178 g/mol. The van der Waals surface area contributed by atoms with Crippen LogP contribution in [0.5, 0.6) is 0 Å². The van der Waals surface area contributed by atoms with Crippen LogP contribution in [0.4, 0.5) is 0 Å². The number of methoxy groups -OCH3 is 1. The Labute approximate surface area is 85.0 Å². The molecule has 0 aliphatic heterocycles. The van der Waals surface area contributed by atoms with Crippen molar-refractivity contribution in [3.8, 4) is 0 Å². The molecule has 0 radical (unpaired) electrons. The maximum Gasteiger partial charge on any atom is 0.322 e. The van der Waals surface area contributed by atoms with Gasteiger partial charge in [0.05, 0.1) is 7.11 Å². The minimum absolute atomic E-state index is 0.255. The second kappa shape index (κ2) is 3.54. The summed E-state index contributed by atoms with van der Waals surface area (Å²) in [6, 6.07) is -0.406. The first kappa shape index (κ1) is 9.97. The summed E-state index contributed by atoms with van der Waals surface area (Å²) < 4.78 is 4.66. The second-order valence-corrected chi connectivity index (χ2v) is 4.98. The largest absolute Gasteiger partial charge is 0.468 e. The molecular formula is C11H19NO2. The number of nitrogens with two attached hydrogens (primary N) is 1. The molecule has 0 aromatic carbocycles. The smallest absolute Gasteiger partial charge is 0.322 e. The maximum atomic E-state index is 11.2. The molecule has 2 N–H and O–H groups in total. The van der Waals surface area contributed by atoms with E-state index in [2.05, 4.69) is 4.74 Å². The molecule has 0 saturated heterocycles. The van der Waals surface area contributed by atoms with Gasteiger partial charge in [-0.1, -0.05) is 0 Å². The van der Waals surface area contributed by atoms with Crippen LogP contribution in [0, 0.1) is 11.3 Å². The molecule has 0 aromatic rings. The van der Waals surface area contributed by atoms with Gasteiger partial charge in [-0.25, -0.2) is 0 Å². The lowest BCUT2D eigenvalue weighted by molar-refractivity contribution is -0.143. The Kier molecular flexibility index (Phi) is 2.52. The first-order chi connectivity index (χ1) is 6.65. The summed E-state index contributed by atoms with van der Waals surface area (Å²) in [7, 11) is 1.41. The van der Waals surface area contributed by atoms with Gasteiger partial charge in [-0.15, -0.1) is 0 Å². The summed E-state index contributed by atoms with van der Waals surface area (Å²) in [5, 5.41) is 0. The molecule has 1 unspecified atom stereocenters. The number of carbonyl (C=O) groups excluding carboxylic acids is 1. The van der Waals surface area contributed by atoms with Crippen LogP contribution in [0.2, 0.25) is 0 Å². The zero-order valence-electron chi connectivity index (χ0n) is 8.79. The van der Waals surface area contributed by atoms with Gasteiger partial charge in [0.15, 0.2) is 0 Å². The average Bonchev–Trinajstić information content (AvgIpc) is 2.75. The number of esters is 1. The van der Waals surface area contributed by atoms with Crippen LogP contribution in [0.15, 0.2) is 0 Å². The quantitative estimate of drug-likeness (QED) is 0.697. The minimum atomic E-state index is -0.406. The first-order valence-corrected chi connectivity index (χ1v) is 5.49. The van der Waals surface area contributed by atoms with Crippen molar-refractivity contribution in [3.05, 3.63) is 0 Å². The Hall–Kier alpha value is -0.570. The van der Waals surface area contributed by atoms with Crippen LogP contribution in [-0.2, 0) is 9.53 Å². The summed E-state index contributed by atoms with van der Waals surface area (Å²) in [6.45, 7) is 0. The van der Waals surface area contributed by atoms with E-state index < -0.39 is 6.04 Å². The van der Waals surface area contributed by atoms with Gasteiger partial charge in [0.2, 0.25) is 0 Å². The predicted molar refractivity (Wildman–Crippen MR) is 53.6 cm³/mol. The number of hydrogen-bond donors (Lipinski definition) is 1. The highest BCUT2D eigenvalue weighted by Gasteiger charge is 2.46. The molecule has 2 bridgehead atoms. The standard InChI is InChI=1S/C11H19NO2/c1-14-10(13)9(12)7-11-4-2-8(6-11)3-5-11/h8-9H,2-7,12H2,1H3. The third-order valence-electron chi connectivity index (χ3n) is 4.04. The van der Waals surface area contributed by atoms with E-state index in [1.54, 1.807) is 0 Å². The molecule has 3 heteroatoms. The highest BCUT2D eigenvalue weighted by atomic mass is 16.5. The maximum absolute atomic E-state index is 11.2. The third kappa shape index (κ3) is 1.65. The van der Waals surface area contributed by atoms with Crippen LogP contribution in [0.25, 0.3) is 0 Å². The van der Waals surface area contributed by atoms with Crippen LogP contribution >= 0.6 is 0 Å². The van der Waals surface area contributed by atoms with E-state index in [0.29, 0.717) is 5.41 Å². The predicted octanol–water partition coefficient (Wildman–Crippen LogP) is 1.46. The van der Waals surface area contributed by atoms with Gasteiger partial charge >= 0.3 is 5.97 Å². The third-order valence-corrected chi connectivity index (χ3v) is 4.04. The molecule has 3 nitrogen and oxygen atoms in total. The summed E-state index contributed by atoms with van der Waals surface area (Å²) in [4.78, 5) is 11.2. The summed E-state index contributed by atoms with van der Waals surface area (Å²) in [5.41, 5.74) is 6.20. The summed E-state index contributed by atoms with van der Waals surface area (Å²) in [5.74, 6) is 0.662. The van der Waals surface area contributed by atoms with Gasteiger partial charge in [0, 0.05) is 0 Å². The molecule has 2 rings (SSSR count). The lowest BCUT2D eigenvalue weighted by atomic mass is 9.79. The van der Waals surface area contributed by atoms with E-state index >= 15 is 0 Å². The Morgan fingerprint density at radius 2 is 2.21 bits per heavy atom. The van der Waals surface area contributed by atoms with Crippen LogP contribution in [0.3, 0.4) is 0 Å². The molecule has 1 atom stereocenters. The lowest BCUT2D eigenvalue weighted by Crippen LogP contribution is -2.36. The zero-order chi connectivity index (χ0) is 10.2. The number of hydrogen-bond acceptors (Lipinski definition) is 3. The normalized spacial score (nSPS) is 37.1.